The molecule has 3 atom stereocenters. The molecule has 0 aromatic rings. The van der Waals surface area contributed by atoms with Gasteiger partial charge in [-0.3, -0.25) is 23.4 Å². The third kappa shape index (κ3) is 56.6. The molecule has 11 nitrogen and oxygen atoms in total. The van der Waals surface area contributed by atoms with Crippen LogP contribution >= 0.6 is 7.82 Å². The lowest BCUT2D eigenvalue weighted by Crippen LogP contribution is -2.30. The largest absolute Gasteiger partial charge is 0.472 e. The second kappa shape index (κ2) is 59.0. The summed E-state index contributed by atoms with van der Waals surface area (Å²) in [7, 11) is -4.77. The highest BCUT2D eigenvalue weighted by atomic mass is 31.2. The number of phosphoric ester groups is 1. The van der Waals surface area contributed by atoms with Gasteiger partial charge in [-0.25, -0.2) is 4.57 Å². The van der Waals surface area contributed by atoms with Gasteiger partial charge in [0.1, 0.15) is 12.7 Å². The Morgan fingerprint density at radius 3 is 1.03 bits per heavy atom. The molecule has 444 valence electrons. The van der Waals surface area contributed by atoms with Crippen molar-refractivity contribution in [3.05, 3.63) is 122 Å². The molecule has 78 heavy (non-hydrogen) atoms. The van der Waals surface area contributed by atoms with Gasteiger partial charge in [0, 0.05) is 19.3 Å². The molecule has 3 unspecified atom stereocenters. The molecule has 0 amide bonds. The van der Waals surface area contributed by atoms with Crippen molar-refractivity contribution in [1.29, 1.82) is 0 Å². The molecular formula is C66H109O11P. The lowest BCUT2D eigenvalue weighted by molar-refractivity contribution is -0.161. The van der Waals surface area contributed by atoms with E-state index >= 15 is 0 Å². The lowest BCUT2D eigenvalue weighted by Gasteiger charge is -2.21. The SMILES string of the molecule is CC/C=C\C/C=C\C/C=C\C/C=C\C/C=C\CCCCCC(=O)OCC(COP(=O)(O)OCC(CO)OC(=O)CCCCCCCCCCCCCCC)OC(=O)CCCCC/C=C\C/C=C\C/C=C\C/C=C\C/C=C\CC. The molecule has 0 aliphatic rings. The third-order valence-corrected chi connectivity index (χ3v) is 13.3. The van der Waals surface area contributed by atoms with Gasteiger partial charge < -0.3 is 24.2 Å². The lowest BCUT2D eigenvalue weighted by atomic mass is 10.0. The van der Waals surface area contributed by atoms with Crippen molar-refractivity contribution in [2.75, 3.05) is 26.4 Å². The monoisotopic (exact) mass is 1110 g/mol. The Labute approximate surface area is 475 Å². The second-order valence-electron chi connectivity index (χ2n) is 19.8. The number of unbranched alkanes of at least 4 members (excludes halogenated alkanes) is 18. The number of ether oxygens (including phenoxy) is 3. The molecule has 0 aliphatic carbocycles. The molecule has 0 rings (SSSR count). The molecule has 0 heterocycles. The summed E-state index contributed by atoms with van der Waals surface area (Å²) in [4.78, 5) is 48.6. The first-order valence-electron chi connectivity index (χ1n) is 30.4. The first-order chi connectivity index (χ1) is 38.2. The van der Waals surface area contributed by atoms with E-state index < -0.39 is 57.8 Å². The average Bonchev–Trinajstić information content (AvgIpc) is 3.43. The van der Waals surface area contributed by atoms with E-state index in [9.17, 15) is 28.9 Å². The number of aliphatic hydroxyl groups excluding tert-OH is 1. The minimum atomic E-state index is -4.77. The summed E-state index contributed by atoms with van der Waals surface area (Å²) in [6.45, 7) is 4.34. The molecule has 0 aromatic heterocycles. The van der Waals surface area contributed by atoms with E-state index in [1.54, 1.807) is 0 Å². The van der Waals surface area contributed by atoms with Gasteiger partial charge in [-0.2, -0.15) is 0 Å². The van der Waals surface area contributed by atoms with Crippen LogP contribution in [0.15, 0.2) is 122 Å². The molecule has 0 radical (unpaired) electrons. The van der Waals surface area contributed by atoms with Crippen LogP contribution in [0.5, 0.6) is 0 Å². The van der Waals surface area contributed by atoms with Gasteiger partial charge in [0.05, 0.1) is 19.8 Å². The maximum Gasteiger partial charge on any atom is 0.472 e. The van der Waals surface area contributed by atoms with Crippen molar-refractivity contribution < 1.29 is 52.2 Å². The predicted octanol–water partition coefficient (Wildman–Crippen LogP) is 18.4. The van der Waals surface area contributed by atoms with Gasteiger partial charge in [-0.05, 0) is 109 Å². The summed E-state index contributed by atoms with van der Waals surface area (Å²) < 4.78 is 39.5. The highest BCUT2D eigenvalue weighted by Gasteiger charge is 2.28. The maximum absolute atomic E-state index is 12.9. The van der Waals surface area contributed by atoms with E-state index in [-0.39, 0.29) is 25.9 Å². The van der Waals surface area contributed by atoms with Crippen LogP contribution in [-0.2, 0) is 42.2 Å². The van der Waals surface area contributed by atoms with Crippen LogP contribution in [0.4, 0.5) is 0 Å². The number of rotatable bonds is 55. The van der Waals surface area contributed by atoms with Crippen LogP contribution in [0.3, 0.4) is 0 Å². The normalized spacial score (nSPS) is 14.2. The van der Waals surface area contributed by atoms with E-state index in [1.807, 2.05) is 0 Å². The molecule has 0 fully saturated rings. The summed E-state index contributed by atoms with van der Waals surface area (Å²) in [6, 6.07) is 0. The number of allylic oxidation sites excluding steroid dienone is 20. The summed E-state index contributed by atoms with van der Waals surface area (Å²) >= 11 is 0. The number of carbonyl (C=O) groups is 3. The first-order valence-corrected chi connectivity index (χ1v) is 31.9. The fraction of sp³-hybridized carbons (Fsp3) is 0.652. The Morgan fingerprint density at radius 2 is 0.667 bits per heavy atom. The smallest absolute Gasteiger partial charge is 0.462 e. The van der Waals surface area contributed by atoms with Crippen LogP contribution in [-0.4, -0.2) is 66.5 Å². The third-order valence-electron chi connectivity index (χ3n) is 12.4. The van der Waals surface area contributed by atoms with Crippen LogP contribution in [0.2, 0.25) is 0 Å². The van der Waals surface area contributed by atoms with Crippen molar-refractivity contribution >= 4 is 25.7 Å². The highest BCUT2D eigenvalue weighted by Crippen LogP contribution is 2.43. The summed E-state index contributed by atoms with van der Waals surface area (Å²) in [6.07, 6.45) is 72.9. The minimum absolute atomic E-state index is 0.115. The van der Waals surface area contributed by atoms with Gasteiger partial charge >= 0.3 is 25.7 Å². The van der Waals surface area contributed by atoms with E-state index in [2.05, 4.69) is 142 Å². The zero-order valence-corrected chi connectivity index (χ0v) is 50.0. The van der Waals surface area contributed by atoms with Gasteiger partial charge in [0.2, 0.25) is 0 Å². The van der Waals surface area contributed by atoms with Gasteiger partial charge in [-0.15, -0.1) is 0 Å². The van der Waals surface area contributed by atoms with Gasteiger partial charge in [0.15, 0.2) is 6.10 Å². The first kappa shape index (κ1) is 73.9. The van der Waals surface area contributed by atoms with Gasteiger partial charge in [-0.1, -0.05) is 232 Å². The quantitative estimate of drug-likeness (QED) is 0.0197. The topological polar surface area (TPSA) is 155 Å². The van der Waals surface area contributed by atoms with E-state index in [0.29, 0.717) is 19.3 Å². The maximum atomic E-state index is 12.9. The summed E-state index contributed by atoms with van der Waals surface area (Å²) in [5.74, 6) is -1.55. The van der Waals surface area contributed by atoms with Crippen LogP contribution in [0.25, 0.3) is 0 Å². The number of hydrogen-bond acceptors (Lipinski definition) is 10. The molecular weight excluding hydrogens is 1000 g/mol. The number of hydrogen-bond donors (Lipinski definition) is 2. The fourth-order valence-electron chi connectivity index (χ4n) is 7.82. The Balaban J connectivity index is 4.85. The standard InChI is InChI=1S/C66H109O11P/c1-4-7-10-13-16-19-22-25-27-29-31-33-35-38-40-43-46-49-52-55-64(68)73-59-63(77-66(70)57-54-51-48-45-42-39-36-34-32-30-28-26-23-20-17-14-11-8-5-2)61-75-78(71,72)74-60-62(58-67)76-65(69)56-53-50-47-44-41-37-24-21-18-15-12-9-6-3/h7-8,10-11,16-17,19-20,25-28,31-34,38-40,42,62-63,67H,4-6,9,12-15,18,21-24,29-30,35-37,41,43-61H2,1-3H3,(H,71,72)/b10-7-,11-8-,19-16-,20-17-,27-25-,28-26-,33-31-,34-32-,40-38-,42-39-. The zero-order chi connectivity index (χ0) is 56.9. The molecule has 2 N–H and O–H groups in total. The number of esters is 3. The molecule has 0 saturated carbocycles. The van der Waals surface area contributed by atoms with Crippen molar-refractivity contribution in [3.8, 4) is 0 Å². The average molecular weight is 1110 g/mol. The van der Waals surface area contributed by atoms with Crippen molar-refractivity contribution in [3.63, 3.8) is 0 Å². The van der Waals surface area contributed by atoms with Crippen LogP contribution < -0.4 is 0 Å². The molecule has 0 bridgehead atoms. The molecule has 0 spiro atoms. The highest BCUT2D eigenvalue weighted by molar-refractivity contribution is 7.47. The van der Waals surface area contributed by atoms with E-state index in [0.717, 1.165) is 122 Å². The minimum Gasteiger partial charge on any atom is -0.462 e. The number of carbonyl (C=O) groups excluding carboxylic acids is 3. The molecule has 0 aliphatic heterocycles. The van der Waals surface area contributed by atoms with E-state index in [1.165, 1.54) is 57.8 Å². The Hall–Kier alpha value is -4.12. The van der Waals surface area contributed by atoms with Crippen molar-refractivity contribution in [2.45, 2.75) is 251 Å². The Morgan fingerprint density at radius 1 is 0.372 bits per heavy atom. The van der Waals surface area contributed by atoms with Gasteiger partial charge in [0.25, 0.3) is 0 Å². The Bertz CT molecular complexity index is 1770. The fourth-order valence-corrected chi connectivity index (χ4v) is 8.60. The van der Waals surface area contributed by atoms with Crippen LogP contribution in [0, 0.1) is 0 Å². The van der Waals surface area contributed by atoms with Crippen molar-refractivity contribution in [1.82, 2.24) is 0 Å². The van der Waals surface area contributed by atoms with E-state index in [4.69, 9.17) is 23.3 Å². The zero-order valence-electron chi connectivity index (χ0n) is 49.1. The summed E-state index contributed by atoms with van der Waals surface area (Å²) in [5, 5.41) is 9.83. The molecule has 12 heteroatoms. The second-order valence-corrected chi connectivity index (χ2v) is 21.2. The summed E-state index contributed by atoms with van der Waals surface area (Å²) in [5.41, 5.74) is 0. The van der Waals surface area contributed by atoms with Crippen LogP contribution in [0.1, 0.15) is 239 Å². The molecule has 0 aromatic carbocycles. The molecule has 0 saturated heterocycles. The number of phosphoric acid groups is 1. The Kier molecular flexibility index (Phi) is 55.9. The predicted molar refractivity (Wildman–Crippen MR) is 325 cm³/mol. The number of aliphatic hydroxyl groups is 1. The van der Waals surface area contributed by atoms with Crippen molar-refractivity contribution in [2.24, 2.45) is 0 Å².